The molecule has 3 aromatic carbocycles. The summed E-state index contributed by atoms with van der Waals surface area (Å²) in [5.41, 5.74) is 9.82. The van der Waals surface area contributed by atoms with Crippen LogP contribution in [0.25, 0.3) is 0 Å². The fourth-order valence-electron chi connectivity index (χ4n) is 5.65. The van der Waals surface area contributed by atoms with Crippen molar-refractivity contribution in [3.8, 4) is 11.5 Å². The average molecular weight is 698 g/mol. The Morgan fingerprint density at radius 3 is 1.31 bits per heavy atom. The van der Waals surface area contributed by atoms with E-state index in [9.17, 15) is 10.2 Å². The van der Waals surface area contributed by atoms with Crippen molar-refractivity contribution in [2.45, 2.75) is 151 Å². The van der Waals surface area contributed by atoms with Gasteiger partial charge in [0.25, 0.3) is 0 Å². The van der Waals surface area contributed by atoms with Crippen molar-refractivity contribution >= 4 is 23.3 Å². The van der Waals surface area contributed by atoms with E-state index in [0.717, 1.165) is 54.8 Å². The molecule has 0 aromatic heterocycles. The summed E-state index contributed by atoms with van der Waals surface area (Å²) in [6.07, 6.45) is 22.8. The van der Waals surface area contributed by atoms with E-state index < -0.39 is 11.5 Å². The standard InChI is InChI=1S/C36H56N2.C7H8O2.Ni/c1-6-11-15-19-30-23-31(20-16-12-7-2)26-35(25-30)37-29-34(10-5)38-36-27-32(21-17-13-8-3)24-33(28-36)22-18-14-9-4;1-5-2-3-6(8)7(9)4-5;/h23-29H,6-22H2,1-5H3;2-4,8-9H,1H3;/q;;+2/p-2. The Morgan fingerprint density at radius 1 is 0.542 bits per heavy atom. The van der Waals surface area contributed by atoms with Crippen LogP contribution < -0.4 is 10.2 Å². The third kappa shape index (κ3) is 18.0. The van der Waals surface area contributed by atoms with Crippen LogP contribution in [0.4, 0.5) is 11.4 Å². The summed E-state index contributed by atoms with van der Waals surface area (Å²) in [7, 11) is 0. The third-order valence-electron chi connectivity index (χ3n) is 8.45. The molecule has 0 aliphatic carbocycles. The van der Waals surface area contributed by atoms with Crippen LogP contribution in [0.3, 0.4) is 0 Å². The Labute approximate surface area is 303 Å². The van der Waals surface area contributed by atoms with E-state index in [-0.39, 0.29) is 16.5 Å². The van der Waals surface area contributed by atoms with Gasteiger partial charge in [0.15, 0.2) is 0 Å². The summed E-state index contributed by atoms with van der Waals surface area (Å²) in [6.45, 7) is 13.1. The van der Waals surface area contributed by atoms with Gasteiger partial charge in [0, 0.05) is 6.21 Å². The fraction of sp³-hybridized carbons (Fsp3) is 0.535. The van der Waals surface area contributed by atoms with Crippen LogP contribution in [0, 0.1) is 6.92 Å². The second-order valence-electron chi connectivity index (χ2n) is 13.0. The predicted molar refractivity (Wildman–Crippen MR) is 201 cm³/mol. The van der Waals surface area contributed by atoms with Crippen molar-refractivity contribution in [3.63, 3.8) is 0 Å². The van der Waals surface area contributed by atoms with E-state index in [4.69, 9.17) is 9.98 Å². The van der Waals surface area contributed by atoms with Gasteiger partial charge < -0.3 is 10.2 Å². The molecule has 48 heavy (non-hydrogen) atoms. The van der Waals surface area contributed by atoms with E-state index in [0.29, 0.717) is 0 Å². The first-order valence-electron chi connectivity index (χ1n) is 18.6. The molecule has 0 bridgehead atoms. The summed E-state index contributed by atoms with van der Waals surface area (Å²) < 4.78 is 0. The summed E-state index contributed by atoms with van der Waals surface area (Å²) in [4.78, 5) is 10.1. The largest absolute Gasteiger partial charge is 2.00 e. The van der Waals surface area contributed by atoms with Crippen LogP contribution in [-0.2, 0) is 42.2 Å². The number of hydrogen-bond acceptors (Lipinski definition) is 4. The van der Waals surface area contributed by atoms with Gasteiger partial charge in [0.05, 0.1) is 17.1 Å². The maximum atomic E-state index is 10.5. The number of benzene rings is 3. The second-order valence-corrected chi connectivity index (χ2v) is 13.0. The molecule has 3 rings (SSSR count). The number of nitrogens with zero attached hydrogens (tertiary/aromatic N) is 2. The molecule has 0 spiro atoms. The number of unbranched alkanes of at least 4 members (excludes halogenated alkanes) is 8. The van der Waals surface area contributed by atoms with Crippen molar-refractivity contribution < 1.29 is 26.7 Å². The molecule has 0 saturated carbocycles. The Balaban J connectivity index is 0.000000991. The molecular formula is C43H62N2NiO2. The Bertz CT molecular complexity index is 1310. The third-order valence-corrected chi connectivity index (χ3v) is 8.45. The minimum atomic E-state index is -0.430. The van der Waals surface area contributed by atoms with Crippen LogP contribution in [0.5, 0.6) is 11.5 Å². The van der Waals surface area contributed by atoms with Crippen molar-refractivity contribution in [2.75, 3.05) is 0 Å². The molecule has 0 saturated heterocycles. The molecule has 266 valence electrons. The number of hydrogen-bond donors (Lipinski definition) is 0. The van der Waals surface area contributed by atoms with E-state index in [2.05, 4.69) is 71.0 Å². The molecule has 0 fully saturated rings. The zero-order valence-electron chi connectivity index (χ0n) is 30.8. The molecule has 0 atom stereocenters. The fourth-order valence-corrected chi connectivity index (χ4v) is 5.65. The first kappa shape index (κ1) is 43.1. The zero-order chi connectivity index (χ0) is 34.3. The van der Waals surface area contributed by atoms with Gasteiger partial charge in [-0.2, -0.15) is 0 Å². The first-order chi connectivity index (χ1) is 22.8. The minimum Gasteiger partial charge on any atom is -0.873 e. The zero-order valence-corrected chi connectivity index (χ0v) is 31.8. The number of rotatable bonds is 20. The average Bonchev–Trinajstić information content (AvgIpc) is 3.06. The first-order valence-corrected chi connectivity index (χ1v) is 18.6. The molecule has 5 heteroatoms. The van der Waals surface area contributed by atoms with Gasteiger partial charge in [0.2, 0.25) is 0 Å². The van der Waals surface area contributed by atoms with Crippen LogP contribution >= 0.6 is 0 Å². The van der Waals surface area contributed by atoms with Gasteiger partial charge in [-0.3, -0.25) is 9.98 Å². The van der Waals surface area contributed by atoms with E-state index >= 15 is 0 Å². The monoisotopic (exact) mass is 696 g/mol. The molecule has 0 N–H and O–H groups in total. The van der Waals surface area contributed by atoms with Crippen LogP contribution in [-0.4, -0.2) is 11.9 Å². The molecular weight excluding hydrogens is 635 g/mol. The topological polar surface area (TPSA) is 70.8 Å². The van der Waals surface area contributed by atoms with Gasteiger partial charge in [-0.15, -0.1) is 11.5 Å². The molecule has 3 aromatic rings. The Kier molecular flexibility index (Phi) is 23.4. The van der Waals surface area contributed by atoms with Gasteiger partial charge in [-0.05, 0) is 111 Å². The normalized spacial score (nSPS) is 11.3. The van der Waals surface area contributed by atoms with E-state index in [1.165, 1.54) is 111 Å². The van der Waals surface area contributed by atoms with Crippen molar-refractivity contribution in [2.24, 2.45) is 9.98 Å². The molecule has 0 aliphatic heterocycles. The second kappa shape index (κ2) is 26.0. The molecule has 0 heterocycles. The number of aryl methyl sites for hydroxylation is 5. The summed E-state index contributed by atoms with van der Waals surface area (Å²) in [6, 6.07) is 18.3. The maximum absolute atomic E-state index is 10.5. The quantitative estimate of drug-likeness (QED) is 0.0670. The van der Waals surface area contributed by atoms with Gasteiger partial charge in [0.1, 0.15) is 0 Å². The van der Waals surface area contributed by atoms with Gasteiger partial charge in [-0.1, -0.05) is 122 Å². The molecule has 0 aliphatic rings. The SMILES string of the molecule is CCCCCc1cc(CCCCC)cc(N=CC(CC)=Nc2cc(CCCCC)cc(CCCCC)c2)c1.Cc1ccc([O-])c([O-])c1.[Ni+2]. The van der Waals surface area contributed by atoms with Crippen molar-refractivity contribution in [1.82, 2.24) is 0 Å². The van der Waals surface area contributed by atoms with Gasteiger partial charge in [-0.25, -0.2) is 0 Å². The summed E-state index contributed by atoms with van der Waals surface area (Å²) in [5, 5.41) is 21.0. The van der Waals surface area contributed by atoms with Gasteiger partial charge >= 0.3 is 16.5 Å². The molecule has 0 amide bonds. The van der Waals surface area contributed by atoms with E-state index in [1.807, 2.05) is 6.21 Å². The Morgan fingerprint density at radius 2 is 0.958 bits per heavy atom. The predicted octanol–water partition coefficient (Wildman–Crippen LogP) is 11.6. The van der Waals surface area contributed by atoms with E-state index in [1.54, 1.807) is 13.0 Å². The number of aliphatic imine (C=N–C) groups is 2. The molecule has 0 unspecified atom stereocenters. The van der Waals surface area contributed by atoms with Crippen molar-refractivity contribution in [3.05, 3.63) is 82.4 Å². The molecule has 4 nitrogen and oxygen atoms in total. The minimum absolute atomic E-state index is 0. The van der Waals surface area contributed by atoms with Crippen LogP contribution in [0.1, 0.15) is 146 Å². The Hall–Kier alpha value is -2.91. The maximum Gasteiger partial charge on any atom is 2.00 e. The van der Waals surface area contributed by atoms with Crippen molar-refractivity contribution in [1.29, 1.82) is 0 Å². The van der Waals surface area contributed by atoms with Crippen LogP contribution in [0.2, 0.25) is 0 Å². The summed E-state index contributed by atoms with van der Waals surface area (Å²) in [5.74, 6) is -0.851. The summed E-state index contributed by atoms with van der Waals surface area (Å²) >= 11 is 0. The molecule has 0 radical (unpaired) electrons. The van der Waals surface area contributed by atoms with Crippen LogP contribution in [0.15, 0.2) is 64.6 Å². The smallest absolute Gasteiger partial charge is 0.873 e.